The van der Waals surface area contributed by atoms with Crippen LogP contribution < -0.4 is 20.5 Å². The maximum absolute atomic E-state index is 13.7. The molecule has 0 amide bonds. The SMILES string of the molecule is N#Cc1ccc(F)c(CN=C(N)Nc2ccc3c(c2)OCCCO3)c1. The van der Waals surface area contributed by atoms with Crippen molar-refractivity contribution in [1.29, 1.82) is 5.26 Å². The zero-order valence-corrected chi connectivity index (χ0v) is 13.5. The van der Waals surface area contributed by atoms with Gasteiger partial charge in [0, 0.05) is 23.7 Å². The molecule has 1 aliphatic rings. The van der Waals surface area contributed by atoms with Gasteiger partial charge in [-0.3, -0.25) is 0 Å². The van der Waals surface area contributed by atoms with Crippen LogP contribution in [0.4, 0.5) is 10.1 Å². The third-order valence-electron chi connectivity index (χ3n) is 3.61. The summed E-state index contributed by atoms with van der Waals surface area (Å²) in [5.74, 6) is 1.04. The summed E-state index contributed by atoms with van der Waals surface area (Å²) in [7, 11) is 0. The van der Waals surface area contributed by atoms with Crippen LogP contribution in [0.5, 0.6) is 11.5 Å². The van der Waals surface area contributed by atoms with Crippen molar-refractivity contribution in [3.8, 4) is 17.6 Å². The van der Waals surface area contributed by atoms with Crippen LogP contribution in [0.3, 0.4) is 0 Å². The largest absolute Gasteiger partial charge is 0.490 e. The first kappa shape index (κ1) is 16.6. The molecule has 2 aromatic carbocycles. The molecule has 7 heteroatoms. The zero-order chi connectivity index (χ0) is 17.6. The Kier molecular flexibility index (Phi) is 5.00. The predicted octanol–water partition coefficient (Wildman–Crippen LogP) is 2.79. The van der Waals surface area contributed by atoms with Crippen molar-refractivity contribution in [3.05, 3.63) is 53.3 Å². The second-order valence-electron chi connectivity index (χ2n) is 5.46. The molecule has 0 aliphatic carbocycles. The Morgan fingerprint density at radius 3 is 2.80 bits per heavy atom. The summed E-state index contributed by atoms with van der Waals surface area (Å²) in [6, 6.07) is 11.5. The van der Waals surface area contributed by atoms with Crippen LogP contribution in [0, 0.1) is 17.1 Å². The maximum Gasteiger partial charge on any atom is 0.193 e. The summed E-state index contributed by atoms with van der Waals surface area (Å²) in [5.41, 5.74) is 7.24. The van der Waals surface area contributed by atoms with Crippen LogP contribution in [0.25, 0.3) is 0 Å². The first-order valence-corrected chi connectivity index (χ1v) is 7.81. The van der Waals surface area contributed by atoms with Crippen molar-refractivity contribution in [3.63, 3.8) is 0 Å². The van der Waals surface area contributed by atoms with E-state index in [1.165, 1.54) is 18.2 Å². The van der Waals surface area contributed by atoms with Gasteiger partial charge in [0.15, 0.2) is 17.5 Å². The first-order valence-electron chi connectivity index (χ1n) is 7.81. The normalized spacial score (nSPS) is 13.7. The molecule has 6 nitrogen and oxygen atoms in total. The Labute approximate surface area is 144 Å². The number of guanidine groups is 1. The lowest BCUT2D eigenvalue weighted by Gasteiger charge is -2.11. The van der Waals surface area contributed by atoms with Crippen molar-refractivity contribution in [2.45, 2.75) is 13.0 Å². The van der Waals surface area contributed by atoms with Gasteiger partial charge >= 0.3 is 0 Å². The van der Waals surface area contributed by atoms with Gasteiger partial charge in [0.2, 0.25) is 0 Å². The molecule has 2 aromatic rings. The Bertz CT molecular complexity index is 845. The standard InChI is InChI=1S/C18H17FN4O2/c19-15-4-2-12(10-20)8-13(15)11-22-18(21)23-14-3-5-16-17(9-14)25-7-1-6-24-16/h2-5,8-9H,1,6-7,11H2,(H3,21,22,23). The highest BCUT2D eigenvalue weighted by atomic mass is 19.1. The summed E-state index contributed by atoms with van der Waals surface area (Å²) >= 11 is 0. The molecular formula is C18H17FN4O2. The zero-order valence-electron chi connectivity index (χ0n) is 13.5. The van der Waals surface area contributed by atoms with Crippen molar-refractivity contribution in [2.75, 3.05) is 18.5 Å². The van der Waals surface area contributed by atoms with Crippen LogP contribution >= 0.6 is 0 Å². The van der Waals surface area contributed by atoms with E-state index in [1.54, 1.807) is 18.2 Å². The molecule has 0 unspecified atom stereocenters. The number of aliphatic imine (C=N–C) groups is 1. The van der Waals surface area contributed by atoms with Gasteiger partial charge in [-0.15, -0.1) is 0 Å². The lowest BCUT2D eigenvalue weighted by atomic mass is 10.1. The van der Waals surface area contributed by atoms with Gasteiger partial charge in [0.05, 0.1) is 31.4 Å². The number of benzene rings is 2. The quantitative estimate of drug-likeness (QED) is 0.662. The smallest absolute Gasteiger partial charge is 0.193 e. The predicted molar refractivity (Wildman–Crippen MR) is 92.1 cm³/mol. The number of fused-ring (bicyclic) bond motifs is 1. The lowest BCUT2D eigenvalue weighted by Crippen LogP contribution is -2.22. The highest BCUT2D eigenvalue weighted by Gasteiger charge is 2.11. The summed E-state index contributed by atoms with van der Waals surface area (Å²) in [5, 5.41) is 11.8. The van der Waals surface area contributed by atoms with Crippen LogP contribution in [-0.2, 0) is 6.54 Å². The number of nitrogens with one attached hydrogen (secondary N) is 1. The summed E-state index contributed by atoms with van der Waals surface area (Å²) in [4.78, 5) is 4.12. The Morgan fingerprint density at radius 2 is 2.00 bits per heavy atom. The molecule has 0 radical (unpaired) electrons. The van der Waals surface area contributed by atoms with Gasteiger partial charge < -0.3 is 20.5 Å². The number of nitrogens with zero attached hydrogens (tertiary/aromatic N) is 2. The molecule has 0 aromatic heterocycles. The van der Waals surface area contributed by atoms with E-state index in [4.69, 9.17) is 20.5 Å². The van der Waals surface area contributed by atoms with Gasteiger partial charge in [-0.05, 0) is 30.3 Å². The third-order valence-corrected chi connectivity index (χ3v) is 3.61. The van der Waals surface area contributed by atoms with E-state index in [0.29, 0.717) is 41.5 Å². The molecule has 0 bridgehead atoms. The molecule has 0 fully saturated rings. The van der Waals surface area contributed by atoms with Gasteiger partial charge in [-0.25, -0.2) is 9.38 Å². The Hall–Kier alpha value is -3.27. The summed E-state index contributed by atoms with van der Waals surface area (Å²) in [6.45, 7) is 1.25. The lowest BCUT2D eigenvalue weighted by molar-refractivity contribution is 0.297. The van der Waals surface area contributed by atoms with Gasteiger partial charge in [0.25, 0.3) is 0 Å². The first-order chi connectivity index (χ1) is 12.2. The molecule has 0 atom stereocenters. The van der Waals surface area contributed by atoms with Crippen LogP contribution in [0.1, 0.15) is 17.5 Å². The molecule has 25 heavy (non-hydrogen) atoms. The molecule has 0 saturated carbocycles. The van der Waals surface area contributed by atoms with Crippen LogP contribution in [0.15, 0.2) is 41.4 Å². The van der Waals surface area contributed by atoms with Crippen molar-refractivity contribution >= 4 is 11.6 Å². The molecule has 3 rings (SSSR count). The third kappa shape index (κ3) is 4.18. The number of ether oxygens (including phenoxy) is 2. The fourth-order valence-corrected chi connectivity index (χ4v) is 2.36. The van der Waals surface area contributed by atoms with E-state index in [9.17, 15) is 4.39 Å². The second kappa shape index (κ2) is 7.53. The monoisotopic (exact) mass is 340 g/mol. The van der Waals surface area contributed by atoms with Gasteiger partial charge in [-0.2, -0.15) is 5.26 Å². The number of anilines is 1. The average molecular weight is 340 g/mol. The van der Waals surface area contributed by atoms with E-state index in [1.807, 2.05) is 6.07 Å². The fourth-order valence-electron chi connectivity index (χ4n) is 2.36. The topological polar surface area (TPSA) is 92.7 Å². The molecule has 0 spiro atoms. The fraction of sp³-hybridized carbons (Fsp3) is 0.222. The molecule has 1 heterocycles. The summed E-state index contributed by atoms with van der Waals surface area (Å²) in [6.07, 6.45) is 0.828. The highest BCUT2D eigenvalue weighted by Crippen LogP contribution is 2.32. The van der Waals surface area contributed by atoms with Gasteiger partial charge in [-0.1, -0.05) is 0 Å². The number of halogens is 1. The molecule has 0 saturated heterocycles. The number of hydrogen-bond donors (Lipinski definition) is 2. The van der Waals surface area contributed by atoms with Crippen LogP contribution in [-0.4, -0.2) is 19.2 Å². The maximum atomic E-state index is 13.7. The molecule has 128 valence electrons. The minimum Gasteiger partial charge on any atom is -0.490 e. The van der Waals surface area contributed by atoms with Crippen molar-refractivity contribution < 1.29 is 13.9 Å². The van der Waals surface area contributed by atoms with E-state index >= 15 is 0 Å². The highest BCUT2D eigenvalue weighted by molar-refractivity contribution is 5.92. The van der Waals surface area contributed by atoms with E-state index < -0.39 is 5.82 Å². The number of nitriles is 1. The molecule has 1 aliphatic heterocycles. The minimum absolute atomic E-state index is 0.0325. The molecule has 3 N–H and O–H groups in total. The van der Waals surface area contributed by atoms with Gasteiger partial charge in [0.1, 0.15) is 5.82 Å². The number of hydrogen-bond acceptors (Lipinski definition) is 4. The number of nitrogens with two attached hydrogens (primary N) is 1. The average Bonchev–Trinajstić information content (AvgIpc) is 2.86. The van der Waals surface area contributed by atoms with E-state index in [2.05, 4.69) is 10.3 Å². The Morgan fingerprint density at radius 1 is 1.20 bits per heavy atom. The molecular weight excluding hydrogens is 323 g/mol. The minimum atomic E-state index is -0.425. The Balaban J connectivity index is 1.70. The van der Waals surface area contributed by atoms with Crippen molar-refractivity contribution in [1.82, 2.24) is 0 Å². The van der Waals surface area contributed by atoms with E-state index in [-0.39, 0.29) is 12.5 Å². The summed E-state index contributed by atoms with van der Waals surface area (Å²) < 4.78 is 24.9. The second-order valence-corrected chi connectivity index (χ2v) is 5.46. The van der Waals surface area contributed by atoms with Crippen molar-refractivity contribution in [2.24, 2.45) is 10.7 Å². The van der Waals surface area contributed by atoms with E-state index in [0.717, 1.165) is 6.42 Å². The van der Waals surface area contributed by atoms with Crippen LogP contribution in [0.2, 0.25) is 0 Å². The number of rotatable bonds is 3.